The Balaban J connectivity index is 1.95. The number of nitrogens with zero attached hydrogens (tertiary/aromatic N) is 6. The highest BCUT2D eigenvalue weighted by molar-refractivity contribution is 5.69. The first kappa shape index (κ1) is 15.0. The topological polar surface area (TPSA) is 141 Å². The highest BCUT2D eigenvalue weighted by atomic mass is 16.6. The summed E-state index contributed by atoms with van der Waals surface area (Å²) in [7, 11) is 2.89. The fraction of sp³-hybridized carbons (Fsp3) is 0.417. The molecule has 122 valence electrons. The van der Waals surface area contributed by atoms with Crippen molar-refractivity contribution in [3.63, 3.8) is 0 Å². The molecule has 0 aliphatic heterocycles. The average molecular weight is 322 g/mol. The molecule has 0 radical (unpaired) electrons. The monoisotopic (exact) mass is 322 g/mol. The predicted molar refractivity (Wildman–Crippen MR) is 75.9 cm³/mol. The Morgan fingerprint density at radius 1 is 1.30 bits per heavy atom. The number of aromatic hydroxyl groups is 1. The molecule has 3 rings (SSSR count). The van der Waals surface area contributed by atoms with E-state index in [4.69, 9.17) is 5.11 Å². The lowest BCUT2D eigenvalue weighted by atomic mass is 10.2. The summed E-state index contributed by atoms with van der Waals surface area (Å²) < 4.78 is 8.10. The minimum Gasteiger partial charge on any atom is -0.464 e. The molecule has 1 unspecified atom stereocenters. The summed E-state index contributed by atoms with van der Waals surface area (Å²) in [6.45, 7) is 0.0409. The lowest BCUT2D eigenvalue weighted by Crippen LogP contribution is -2.37. The van der Waals surface area contributed by atoms with Crippen molar-refractivity contribution in [2.24, 2.45) is 14.1 Å². The van der Waals surface area contributed by atoms with Crippen LogP contribution in [0.4, 0.5) is 0 Å². The zero-order valence-electron chi connectivity index (χ0n) is 12.4. The fourth-order valence-corrected chi connectivity index (χ4v) is 2.37. The van der Waals surface area contributed by atoms with E-state index in [2.05, 4.69) is 19.6 Å². The molecule has 1 atom stereocenters. The van der Waals surface area contributed by atoms with Gasteiger partial charge in [-0.25, -0.2) is 9.78 Å². The van der Waals surface area contributed by atoms with Crippen LogP contribution in [0.3, 0.4) is 0 Å². The highest BCUT2D eigenvalue weighted by Gasteiger charge is 2.17. The number of rotatable bonds is 4. The molecule has 11 nitrogen and oxygen atoms in total. The Morgan fingerprint density at radius 2 is 2.04 bits per heavy atom. The third-order valence-electron chi connectivity index (χ3n) is 3.50. The molecule has 3 aromatic heterocycles. The first-order valence-corrected chi connectivity index (χ1v) is 6.69. The van der Waals surface area contributed by atoms with Gasteiger partial charge >= 0.3 is 11.8 Å². The second kappa shape index (κ2) is 5.35. The maximum absolute atomic E-state index is 12.3. The number of aryl methyl sites for hydroxylation is 1. The van der Waals surface area contributed by atoms with Crippen molar-refractivity contribution in [2.75, 3.05) is 0 Å². The second-order valence-corrected chi connectivity index (χ2v) is 5.13. The number of imidazole rings is 1. The maximum Gasteiger partial charge on any atom is 0.414 e. The van der Waals surface area contributed by atoms with E-state index >= 15 is 0 Å². The van der Waals surface area contributed by atoms with Crippen LogP contribution in [0.2, 0.25) is 0 Å². The average Bonchev–Trinajstić information content (AvgIpc) is 3.09. The molecule has 2 N–H and O–H groups in total. The van der Waals surface area contributed by atoms with Crippen LogP contribution in [0.15, 0.2) is 20.4 Å². The van der Waals surface area contributed by atoms with Crippen LogP contribution in [-0.2, 0) is 27.1 Å². The van der Waals surface area contributed by atoms with Crippen molar-refractivity contribution in [3.05, 3.63) is 33.0 Å². The summed E-state index contributed by atoms with van der Waals surface area (Å²) in [6.07, 6.45) is -0.117. The van der Waals surface area contributed by atoms with Gasteiger partial charge in [0.05, 0.1) is 19.0 Å². The summed E-state index contributed by atoms with van der Waals surface area (Å²) in [4.78, 5) is 31.8. The molecule has 3 heterocycles. The zero-order valence-corrected chi connectivity index (χ0v) is 12.4. The minimum atomic E-state index is -0.939. The van der Waals surface area contributed by atoms with Gasteiger partial charge < -0.3 is 14.8 Å². The first-order chi connectivity index (χ1) is 10.9. The Morgan fingerprint density at radius 3 is 2.70 bits per heavy atom. The normalized spacial score (nSPS) is 12.8. The molecule has 0 bridgehead atoms. The first-order valence-electron chi connectivity index (χ1n) is 6.69. The number of fused-ring (bicyclic) bond motifs is 1. The van der Waals surface area contributed by atoms with Crippen LogP contribution in [0, 0.1) is 0 Å². The molecular weight excluding hydrogens is 308 g/mol. The van der Waals surface area contributed by atoms with E-state index in [0.29, 0.717) is 0 Å². The smallest absolute Gasteiger partial charge is 0.414 e. The highest BCUT2D eigenvalue weighted by Crippen LogP contribution is 2.10. The van der Waals surface area contributed by atoms with Gasteiger partial charge in [0.15, 0.2) is 17.0 Å². The van der Waals surface area contributed by atoms with Gasteiger partial charge in [0.2, 0.25) is 0 Å². The van der Waals surface area contributed by atoms with Gasteiger partial charge in [-0.15, -0.1) is 0 Å². The number of hydrogen-bond acceptors (Lipinski definition) is 8. The van der Waals surface area contributed by atoms with Crippen molar-refractivity contribution in [2.45, 2.75) is 19.1 Å². The third-order valence-corrected chi connectivity index (χ3v) is 3.50. The largest absolute Gasteiger partial charge is 0.464 e. The van der Waals surface area contributed by atoms with Crippen molar-refractivity contribution in [3.8, 4) is 6.08 Å². The molecule has 0 amide bonds. The molecule has 3 aromatic rings. The lowest BCUT2D eigenvalue weighted by molar-refractivity contribution is 0.152. The molecule has 0 aliphatic carbocycles. The van der Waals surface area contributed by atoms with E-state index in [1.54, 1.807) is 0 Å². The van der Waals surface area contributed by atoms with Gasteiger partial charge in [0.1, 0.15) is 0 Å². The SMILES string of the molecule is Cn1c(=O)c2c(ncn2CC(O)Cc2noc(O)n2)n(C)c1=O. The molecule has 11 heteroatoms. The summed E-state index contributed by atoms with van der Waals surface area (Å²) in [5, 5.41) is 22.5. The van der Waals surface area contributed by atoms with Crippen LogP contribution in [-0.4, -0.2) is 45.1 Å². The van der Waals surface area contributed by atoms with E-state index in [0.717, 1.165) is 4.57 Å². The number of aliphatic hydroxyl groups excluding tert-OH is 1. The Bertz CT molecular complexity index is 980. The van der Waals surface area contributed by atoms with Crippen molar-refractivity contribution in [1.82, 2.24) is 28.8 Å². The van der Waals surface area contributed by atoms with Crippen molar-refractivity contribution in [1.29, 1.82) is 0 Å². The Hall–Kier alpha value is -2.95. The predicted octanol–water partition coefficient (Wildman–Crippen LogP) is -1.87. The van der Waals surface area contributed by atoms with Gasteiger partial charge in [-0.05, 0) is 0 Å². The zero-order chi connectivity index (χ0) is 16.7. The van der Waals surface area contributed by atoms with Gasteiger partial charge in [-0.2, -0.15) is 4.98 Å². The van der Waals surface area contributed by atoms with Gasteiger partial charge in [-0.1, -0.05) is 5.16 Å². The summed E-state index contributed by atoms with van der Waals surface area (Å²) in [5.74, 6) is 0.139. The van der Waals surface area contributed by atoms with E-state index in [1.165, 1.54) is 29.6 Å². The summed E-state index contributed by atoms with van der Waals surface area (Å²) in [5.41, 5.74) is -0.521. The maximum atomic E-state index is 12.3. The molecule has 0 spiro atoms. The van der Waals surface area contributed by atoms with Crippen LogP contribution in [0.1, 0.15) is 5.82 Å². The van der Waals surface area contributed by atoms with E-state index in [1.807, 2.05) is 0 Å². The van der Waals surface area contributed by atoms with Crippen LogP contribution >= 0.6 is 0 Å². The van der Waals surface area contributed by atoms with Crippen LogP contribution < -0.4 is 11.2 Å². The molecule has 0 aromatic carbocycles. The standard InChI is InChI=1S/C12H14N6O5/c1-16-9-8(10(20)17(2)12(16)22)18(5-13-9)4-6(19)3-7-14-11(21)23-15-7/h5-6,19H,3-4H2,1-2H3,(H,14,15,21). The summed E-state index contributed by atoms with van der Waals surface area (Å²) in [6, 6.07) is 0. The minimum absolute atomic E-state index is 0.0236. The van der Waals surface area contributed by atoms with Gasteiger partial charge in [0.25, 0.3) is 5.56 Å². The Labute approximate surface area is 128 Å². The number of aromatic nitrogens is 6. The third kappa shape index (κ3) is 2.50. The molecular formula is C12H14N6O5. The van der Waals surface area contributed by atoms with Crippen LogP contribution in [0.5, 0.6) is 6.08 Å². The number of aliphatic hydroxyl groups is 1. The molecule has 0 saturated carbocycles. The van der Waals surface area contributed by atoms with Crippen LogP contribution in [0.25, 0.3) is 11.2 Å². The molecule has 0 saturated heterocycles. The fourth-order valence-electron chi connectivity index (χ4n) is 2.37. The molecule has 0 aliphatic rings. The lowest BCUT2D eigenvalue weighted by Gasteiger charge is -2.10. The van der Waals surface area contributed by atoms with E-state index < -0.39 is 23.4 Å². The second-order valence-electron chi connectivity index (χ2n) is 5.13. The summed E-state index contributed by atoms with van der Waals surface area (Å²) >= 11 is 0. The Kier molecular flexibility index (Phi) is 3.48. The van der Waals surface area contributed by atoms with Crippen molar-refractivity contribution >= 4 is 11.2 Å². The van der Waals surface area contributed by atoms with E-state index in [9.17, 15) is 14.7 Å². The van der Waals surface area contributed by atoms with Crippen molar-refractivity contribution < 1.29 is 14.7 Å². The van der Waals surface area contributed by atoms with Gasteiger partial charge in [0, 0.05) is 20.5 Å². The van der Waals surface area contributed by atoms with Gasteiger partial charge in [-0.3, -0.25) is 18.5 Å². The van der Waals surface area contributed by atoms with E-state index in [-0.39, 0.29) is 30.0 Å². The molecule has 23 heavy (non-hydrogen) atoms. The quantitative estimate of drug-likeness (QED) is 0.569. The molecule has 0 fully saturated rings. The number of hydrogen-bond donors (Lipinski definition) is 2.